The Morgan fingerprint density at radius 1 is 1.15 bits per heavy atom. The Hall–Kier alpha value is -0.660. The van der Waals surface area contributed by atoms with Gasteiger partial charge in [0.2, 0.25) is 0 Å². The highest BCUT2D eigenvalue weighted by Crippen LogP contribution is 2.23. The molecule has 0 unspecified atom stereocenters. The SMILES string of the molecule is CCCCCC1CC(=O)CC(=O)C1. The zero-order valence-corrected chi connectivity index (χ0v) is 8.34. The number of rotatable bonds is 4. The Bertz CT molecular complexity index is 180. The molecule has 0 radical (unpaired) electrons. The topological polar surface area (TPSA) is 34.1 Å². The third-order valence-electron chi connectivity index (χ3n) is 2.64. The smallest absolute Gasteiger partial charge is 0.140 e. The van der Waals surface area contributed by atoms with Gasteiger partial charge in [-0.25, -0.2) is 0 Å². The normalized spacial score (nSPS) is 19.5. The number of unbranched alkanes of at least 4 members (excludes halogenated alkanes) is 2. The molecule has 0 aromatic rings. The van der Waals surface area contributed by atoms with Gasteiger partial charge in [-0.1, -0.05) is 26.2 Å². The van der Waals surface area contributed by atoms with Crippen molar-refractivity contribution in [1.29, 1.82) is 0 Å². The summed E-state index contributed by atoms with van der Waals surface area (Å²) in [5.74, 6) is 0.663. The fourth-order valence-corrected chi connectivity index (χ4v) is 1.97. The first-order valence-electron chi connectivity index (χ1n) is 5.25. The molecule has 2 heteroatoms. The van der Waals surface area contributed by atoms with Crippen LogP contribution in [0.5, 0.6) is 0 Å². The Labute approximate surface area is 79.7 Å². The van der Waals surface area contributed by atoms with Crippen LogP contribution >= 0.6 is 0 Å². The molecule has 0 amide bonds. The van der Waals surface area contributed by atoms with Crippen molar-refractivity contribution >= 4 is 11.6 Å². The van der Waals surface area contributed by atoms with Crippen LogP contribution in [0, 0.1) is 5.92 Å². The predicted molar refractivity (Wildman–Crippen MR) is 51.5 cm³/mol. The molecule has 0 aromatic carbocycles. The Balaban J connectivity index is 2.25. The van der Waals surface area contributed by atoms with Gasteiger partial charge in [-0.3, -0.25) is 9.59 Å². The standard InChI is InChI=1S/C11H18O2/c1-2-3-4-5-9-6-10(12)8-11(13)7-9/h9H,2-8H2,1H3. The van der Waals surface area contributed by atoms with Gasteiger partial charge in [0.25, 0.3) is 0 Å². The largest absolute Gasteiger partial charge is 0.299 e. The molecule has 1 aliphatic carbocycles. The van der Waals surface area contributed by atoms with E-state index in [1.54, 1.807) is 0 Å². The predicted octanol–water partition coefficient (Wildman–Crippen LogP) is 2.51. The van der Waals surface area contributed by atoms with E-state index in [9.17, 15) is 9.59 Å². The van der Waals surface area contributed by atoms with Crippen molar-refractivity contribution < 1.29 is 9.59 Å². The van der Waals surface area contributed by atoms with E-state index < -0.39 is 0 Å². The van der Waals surface area contributed by atoms with E-state index in [-0.39, 0.29) is 18.0 Å². The summed E-state index contributed by atoms with van der Waals surface area (Å²) in [7, 11) is 0. The second-order valence-electron chi connectivity index (χ2n) is 4.02. The minimum absolute atomic E-state index is 0.151. The molecule has 13 heavy (non-hydrogen) atoms. The lowest BCUT2D eigenvalue weighted by atomic mass is 9.84. The molecule has 0 atom stereocenters. The van der Waals surface area contributed by atoms with Crippen molar-refractivity contribution in [2.45, 2.75) is 51.9 Å². The quantitative estimate of drug-likeness (QED) is 0.494. The second kappa shape index (κ2) is 5.15. The van der Waals surface area contributed by atoms with Crippen LogP contribution in [0.25, 0.3) is 0 Å². The molecule has 1 fully saturated rings. The van der Waals surface area contributed by atoms with E-state index in [1.807, 2.05) is 0 Å². The first-order valence-corrected chi connectivity index (χ1v) is 5.25. The van der Waals surface area contributed by atoms with Crippen LogP contribution < -0.4 is 0 Å². The summed E-state index contributed by atoms with van der Waals surface area (Å²) in [6, 6.07) is 0. The van der Waals surface area contributed by atoms with Crippen molar-refractivity contribution in [2.24, 2.45) is 5.92 Å². The Morgan fingerprint density at radius 3 is 2.31 bits per heavy atom. The van der Waals surface area contributed by atoms with Gasteiger partial charge in [0.05, 0.1) is 6.42 Å². The molecule has 1 aliphatic rings. The molecule has 1 saturated carbocycles. The van der Waals surface area contributed by atoms with Gasteiger partial charge in [-0.2, -0.15) is 0 Å². The van der Waals surface area contributed by atoms with E-state index in [2.05, 4.69) is 6.92 Å². The van der Waals surface area contributed by atoms with Crippen LogP contribution in [0.3, 0.4) is 0 Å². The lowest BCUT2D eigenvalue weighted by Gasteiger charge is -2.19. The fourth-order valence-electron chi connectivity index (χ4n) is 1.97. The zero-order valence-electron chi connectivity index (χ0n) is 8.34. The average molecular weight is 182 g/mol. The molecule has 2 nitrogen and oxygen atoms in total. The molecule has 0 saturated heterocycles. The summed E-state index contributed by atoms with van der Waals surface area (Å²) >= 11 is 0. The highest BCUT2D eigenvalue weighted by atomic mass is 16.1. The second-order valence-corrected chi connectivity index (χ2v) is 4.02. The van der Waals surface area contributed by atoms with Crippen LogP contribution in [-0.4, -0.2) is 11.6 Å². The molecule has 0 aromatic heterocycles. The fraction of sp³-hybridized carbons (Fsp3) is 0.818. The van der Waals surface area contributed by atoms with Crippen LogP contribution in [0.4, 0.5) is 0 Å². The van der Waals surface area contributed by atoms with Crippen LogP contribution in [-0.2, 0) is 9.59 Å². The third-order valence-corrected chi connectivity index (χ3v) is 2.64. The van der Waals surface area contributed by atoms with Crippen LogP contribution in [0.2, 0.25) is 0 Å². The lowest BCUT2D eigenvalue weighted by Crippen LogP contribution is -2.22. The first-order chi connectivity index (χ1) is 6.22. The summed E-state index contributed by atoms with van der Waals surface area (Å²) in [5.41, 5.74) is 0. The van der Waals surface area contributed by atoms with E-state index in [0.717, 1.165) is 6.42 Å². The maximum Gasteiger partial charge on any atom is 0.140 e. The average Bonchev–Trinajstić information content (AvgIpc) is 2.03. The summed E-state index contributed by atoms with van der Waals surface area (Å²) < 4.78 is 0. The van der Waals surface area contributed by atoms with Gasteiger partial charge in [0.15, 0.2) is 0 Å². The van der Waals surface area contributed by atoms with Crippen molar-refractivity contribution in [3.8, 4) is 0 Å². The minimum atomic E-state index is 0.151. The number of Topliss-reactive ketones (excluding diaryl/α,β-unsaturated/α-hetero) is 2. The molecule has 1 rings (SSSR count). The van der Waals surface area contributed by atoms with Gasteiger partial charge in [-0.05, 0) is 12.3 Å². The molecule has 0 spiro atoms. The van der Waals surface area contributed by atoms with E-state index >= 15 is 0 Å². The number of hydrogen-bond donors (Lipinski definition) is 0. The maximum atomic E-state index is 11.1. The van der Waals surface area contributed by atoms with Crippen molar-refractivity contribution in [1.82, 2.24) is 0 Å². The summed E-state index contributed by atoms with van der Waals surface area (Å²) in [6.07, 6.45) is 6.15. The van der Waals surface area contributed by atoms with Gasteiger partial charge in [0.1, 0.15) is 11.6 Å². The highest BCUT2D eigenvalue weighted by molar-refractivity contribution is 6.01. The number of hydrogen-bond acceptors (Lipinski definition) is 2. The molecular formula is C11H18O2. The molecule has 0 heterocycles. The molecule has 0 aliphatic heterocycles. The first kappa shape index (κ1) is 10.4. The Kier molecular flexibility index (Phi) is 4.13. The van der Waals surface area contributed by atoms with Crippen LogP contribution in [0.1, 0.15) is 51.9 Å². The summed E-state index contributed by atoms with van der Waals surface area (Å²) in [4.78, 5) is 22.2. The zero-order chi connectivity index (χ0) is 9.68. The van der Waals surface area contributed by atoms with Crippen molar-refractivity contribution in [3.63, 3.8) is 0 Å². The van der Waals surface area contributed by atoms with Crippen molar-refractivity contribution in [2.75, 3.05) is 0 Å². The van der Waals surface area contributed by atoms with E-state index in [0.29, 0.717) is 18.8 Å². The number of ketones is 2. The molecule has 0 N–H and O–H groups in total. The summed E-state index contributed by atoms with van der Waals surface area (Å²) in [5, 5.41) is 0. The molecule has 0 bridgehead atoms. The summed E-state index contributed by atoms with van der Waals surface area (Å²) in [6.45, 7) is 2.16. The third kappa shape index (κ3) is 3.71. The van der Waals surface area contributed by atoms with E-state index in [1.165, 1.54) is 19.3 Å². The van der Waals surface area contributed by atoms with Gasteiger partial charge >= 0.3 is 0 Å². The van der Waals surface area contributed by atoms with Gasteiger partial charge in [0, 0.05) is 12.8 Å². The van der Waals surface area contributed by atoms with Crippen molar-refractivity contribution in [3.05, 3.63) is 0 Å². The molecular weight excluding hydrogens is 164 g/mol. The van der Waals surface area contributed by atoms with Gasteiger partial charge in [-0.15, -0.1) is 0 Å². The monoisotopic (exact) mass is 182 g/mol. The minimum Gasteiger partial charge on any atom is -0.299 e. The number of carbonyl (C=O) groups excluding carboxylic acids is 2. The molecule has 74 valence electrons. The van der Waals surface area contributed by atoms with Gasteiger partial charge < -0.3 is 0 Å². The number of carbonyl (C=O) groups is 2. The Morgan fingerprint density at radius 2 is 1.77 bits per heavy atom. The lowest BCUT2D eigenvalue weighted by molar-refractivity contribution is -0.131. The maximum absolute atomic E-state index is 11.1. The van der Waals surface area contributed by atoms with Crippen LogP contribution in [0.15, 0.2) is 0 Å². The van der Waals surface area contributed by atoms with E-state index in [4.69, 9.17) is 0 Å². The highest BCUT2D eigenvalue weighted by Gasteiger charge is 2.24.